The first kappa shape index (κ1) is 12.6. The molecular weight excluding hydrogens is 257 g/mol. The van der Waals surface area contributed by atoms with E-state index in [-0.39, 0.29) is 23.0 Å². The molecule has 0 aliphatic heterocycles. The largest absolute Gasteiger partial charge is 0.343 e. The van der Waals surface area contributed by atoms with Crippen molar-refractivity contribution in [3.63, 3.8) is 0 Å². The zero-order valence-electron chi connectivity index (χ0n) is 9.51. The maximum Gasteiger partial charge on any atom is 0.343 e. The fraction of sp³-hybridized carbons (Fsp3) is 0.182. The lowest BCUT2D eigenvalue weighted by Crippen LogP contribution is -2.13. The van der Waals surface area contributed by atoms with Gasteiger partial charge >= 0.3 is 5.69 Å². The smallest absolute Gasteiger partial charge is 0.293 e. The standard InChI is InChI=1S/C11H10FN3O2S/c1-15-10(17)13-14-11(15)18-6-9(16)7-2-4-8(12)5-3-7/h2-5H,6H2,1H3,(H,13,17). The highest BCUT2D eigenvalue weighted by molar-refractivity contribution is 7.99. The average Bonchev–Trinajstić information content (AvgIpc) is 2.68. The molecule has 94 valence electrons. The minimum absolute atomic E-state index is 0.143. The lowest BCUT2D eigenvalue weighted by atomic mass is 10.1. The molecule has 1 heterocycles. The number of nitrogens with one attached hydrogen (secondary N) is 1. The summed E-state index contributed by atoms with van der Waals surface area (Å²) in [6, 6.07) is 5.34. The highest BCUT2D eigenvalue weighted by Gasteiger charge is 2.10. The van der Waals surface area contributed by atoms with Crippen LogP contribution in [-0.4, -0.2) is 26.3 Å². The molecule has 0 unspecified atom stereocenters. The number of halogens is 1. The molecule has 0 radical (unpaired) electrons. The van der Waals surface area contributed by atoms with Crippen LogP contribution >= 0.6 is 11.8 Å². The number of benzene rings is 1. The monoisotopic (exact) mass is 267 g/mol. The summed E-state index contributed by atoms with van der Waals surface area (Å²) >= 11 is 1.15. The third-order valence-corrected chi connectivity index (χ3v) is 3.37. The molecule has 0 bridgehead atoms. The minimum Gasteiger partial charge on any atom is -0.293 e. The molecular formula is C11H10FN3O2S. The second kappa shape index (κ2) is 5.18. The van der Waals surface area contributed by atoms with Gasteiger partial charge in [0.25, 0.3) is 0 Å². The molecule has 0 aliphatic carbocycles. The van der Waals surface area contributed by atoms with Gasteiger partial charge in [-0.1, -0.05) is 11.8 Å². The van der Waals surface area contributed by atoms with Crippen molar-refractivity contribution in [1.29, 1.82) is 0 Å². The van der Waals surface area contributed by atoms with Crippen molar-refractivity contribution in [3.8, 4) is 0 Å². The molecule has 2 aromatic rings. The van der Waals surface area contributed by atoms with E-state index in [9.17, 15) is 14.0 Å². The first-order chi connectivity index (χ1) is 8.58. The Bertz CT molecular complexity index is 618. The van der Waals surface area contributed by atoms with Crippen molar-refractivity contribution in [2.75, 3.05) is 5.75 Å². The summed E-state index contributed by atoms with van der Waals surface area (Å²) in [6.07, 6.45) is 0. The Balaban J connectivity index is 2.02. The summed E-state index contributed by atoms with van der Waals surface area (Å²) < 4.78 is 14.0. The van der Waals surface area contributed by atoms with Crippen LogP contribution in [0.4, 0.5) is 4.39 Å². The molecule has 2 rings (SSSR count). The molecule has 18 heavy (non-hydrogen) atoms. The number of thioether (sulfide) groups is 1. The zero-order chi connectivity index (χ0) is 13.1. The highest BCUT2D eigenvalue weighted by Crippen LogP contribution is 2.14. The Labute approximate surface area is 106 Å². The highest BCUT2D eigenvalue weighted by atomic mass is 32.2. The Morgan fingerprint density at radius 3 is 2.67 bits per heavy atom. The molecule has 0 atom stereocenters. The lowest BCUT2D eigenvalue weighted by Gasteiger charge is -2.00. The molecule has 1 N–H and O–H groups in total. The SMILES string of the molecule is Cn1c(SCC(=O)c2ccc(F)cc2)n[nH]c1=O. The van der Waals surface area contributed by atoms with E-state index in [0.717, 1.165) is 11.8 Å². The Hall–Kier alpha value is -1.89. The van der Waals surface area contributed by atoms with Crippen LogP contribution in [0.25, 0.3) is 0 Å². The number of Topliss-reactive ketones (excluding diaryl/α,β-unsaturated/α-hetero) is 1. The van der Waals surface area contributed by atoms with E-state index in [2.05, 4.69) is 10.2 Å². The van der Waals surface area contributed by atoms with E-state index in [1.165, 1.54) is 28.8 Å². The van der Waals surface area contributed by atoms with Gasteiger partial charge in [0.1, 0.15) is 5.82 Å². The predicted octanol–water partition coefficient (Wildman–Crippen LogP) is 1.22. The van der Waals surface area contributed by atoms with Gasteiger partial charge in [0.05, 0.1) is 5.75 Å². The third kappa shape index (κ3) is 2.67. The van der Waals surface area contributed by atoms with Crippen molar-refractivity contribution in [2.24, 2.45) is 7.05 Å². The molecule has 0 saturated carbocycles. The number of rotatable bonds is 4. The van der Waals surface area contributed by atoms with Gasteiger partial charge in [-0.2, -0.15) is 0 Å². The van der Waals surface area contributed by atoms with E-state index in [4.69, 9.17) is 0 Å². The van der Waals surface area contributed by atoms with Crippen molar-refractivity contribution in [2.45, 2.75) is 5.16 Å². The van der Waals surface area contributed by atoms with E-state index in [1.807, 2.05) is 0 Å². The van der Waals surface area contributed by atoms with Gasteiger partial charge in [0, 0.05) is 12.6 Å². The normalized spacial score (nSPS) is 10.6. The maximum atomic E-state index is 12.7. The number of carbonyl (C=O) groups is 1. The quantitative estimate of drug-likeness (QED) is 0.668. The second-order valence-electron chi connectivity index (χ2n) is 3.59. The van der Waals surface area contributed by atoms with Crippen LogP contribution in [0.2, 0.25) is 0 Å². The number of aromatic amines is 1. The van der Waals surface area contributed by atoms with Crippen LogP contribution in [-0.2, 0) is 7.05 Å². The van der Waals surface area contributed by atoms with Crippen LogP contribution in [0.5, 0.6) is 0 Å². The summed E-state index contributed by atoms with van der Waals surface area (Å²) in [5.74, 6) is -0.381. The number of carbonyl (C=O) groups excluding carboxylic acids is 1. The van der Waals surface area contributed by atoms with Crippen molar-refractivity contribution >= 4 is 17.5 Å². The Morgan fingerprint density at radius 1 is 1.44 bits per heavy atom. The van der Waals surface area contributed by atoms with Crippen molar-refractivity contribution < 1.29 is 9.18 Å². The van der Waals surface area contributed by atoms with Gasteiger partial charge in [-0.3, -0.25) is 9.36 Å². The van der Waals surface area contributed by atoms with E-state index in [1.54, 1.807) is 7.05 Å². The number of ketones is 1. The van der Waals surface area contributed by atoms with Crippen LogP contribution in [0.1, 0.15) is 10.4 Å². The second-order valence-corrected chi connectivity index (χ2v) is 4.53. The number of aromatic nitrogens is 3. The number of hydrogen-bond acceptors (Lipinski definition) is 4. The number of nitrogens with zero attached hydrogens (tertiary/aromatic N) is 2. The molecule has 0 aliphatic rings. The van der Waals surface area contributed by atoms with Gasteiger partial charge in [0.15, 0.2) is 10.9 Å². The van der Waals surface area contributed by atoms with Crippen LogP contribution in [0.3, 0.4) is 0 Å². The van der Waals surface area contributed by atoms with E-state index < -0.39 is 0 Å². The van der Waals surface area contributed by atoms with Crippen molar-refractivity contribution in [3.05, 3.63) is 46.1 Å². The van der Waals surface area contributed by atoms with Gasteiger partial charge in [-0.25, -0.2) is 14.3 Å². The summed E-state index contributed by atoms with van der Waals surface area (Å²) in [6.45, 7) is 0. The fourth-order valence-corrected chi connectivity index (χ4v) is 2.12. The zero-order valence-corrected chi connectivity index (χ0v) is 10.3. The first-order valence-electron chi connectivity index (χ1n) is 5.11. The molecule has 0 spiro atoms. The topological polar surface area (TPSA) is 67.8 Å². The predicted molar refractivity (Wildman–Crippen MR) is 65.3 cm³/mol. The molecule has 0 fully saturated rings. The molecule has 1 aromatic heterocycles. The molecule has 0 amide bonds. The first-order valence-corrected chi connectivity index (χ1v) is 6.09. The van der Waals surface area contributed by atoms with Crippen molar-refractivity contribution in [1.82, 2.24) is 14.8 Å². The minimum atomic E-state index is -0.381. The number of H-pyrrole nitrogens is 1. The Morgan fingerprint density at radius 2 is 2.11 bits per heavy atom. The molecule has 0 saturated heterocycles. The van der Waals surface area contributed by atoms with E-state index in [0.29, 0.717) is 10.7 Å². The third-order valence-electron chi connectivity index (χ3n) is 2.34. The fourth-order valence-electron chi connectivity index (χ4n) is 1.31. The van der Waals surface area contributed by atoms with Gasteiger partial charge < -0.3 is 0 Å². The van der Waals surface area contributed by atoms with Gasteiger partial charge in [0.2, 0.25) is 0 Å². The lowest BCUT2D eigenvalue weighted by molar-refractivity contribution is 0.102. The summed E-state index contributed by atoms with van der Waals surface area (Å²) in [4.78, 5) is 22.9. The van der Waals surface area contributed by atoms with Crippen LogP contribution in [0.15, 0.2) is 34.2 Å². The molecule has 5 nitrogen and oxygen atoms in total. The summed E-state index contributed by atoms with van der Waals surface area (Å²) in [5.41, 5.74) is 0.108. The summed E-state index contributed by atoms with van der Waals surface area (Å²) in [7, 11) is 1.57. The van der Waals surface area contributed by atoms with Crippen LogP contribution in [0, 0.1) is 5.82 Å². The maximum absolute atomic E-state index is 12.7. The van der Waals surface area contributed by atoms with Gasteiger partial charge in [-0.05, 0) is 24.3 Å². The van der Waals surface area contributed by atoms with Crippen LogP contribution < -0.4 is 5.69 Å². The molecule has 1 aromatic carbocycles. The summed E-state index contributed by atoms with van der Waals surface area (Å²) in [5, 5.41) is 6.50. The molecule has 7 heteroatoms. The average molecular weight is 267 g/mol. The number of hydrogen-bond donors (Lipinski definition) is 1. The van der Waals surface area contributed by atoms with Gasteiger partial charge in [-0.15, -0.1) is 5.10 Å². The Kier molecular flexibility index (Phi) is 3.61. The van der Waals surface area contributed by atoms with E-state index >= 15 is 0 Å².